The number of aromatic nitrogens is 1. The maximum absolute atomic E-state index is 12.1. The molecule has 5 nitrogen and oxygen atoms in total. The van der Waals surface area contributed by atoms with Crippen molar-refractivity contribution >= 4 is 10.0 Å². The van der Waals surface area contributed by atoms with Gasteiger partial charge in [-0.2, -0.15) is 0 Å². The van der Waals surface area contributed by atoms with Gasteiger partial charge >= 0.3 is 0 Å². The average molecular weight is 266 g/mol. The zero-order valence-corrected chi connectivity index (χ0v) is 11.0. The van der Waals surface area contributed by atoms with Crippen LogP contribution in [0.1, 0.15) is 17.0 Å². The van der Waals surface area contributed by atoms with Crippen LogP contribution in [0.3, 0.4) is 0 Å². The van der Waals surface area contributed by atoms with Gasteiger partial charge in [0.2, 0.25) is 10.0 Å². The highest BCUT2D eigenvalue weighted by Gasteiger charge is 2.16. The van der Waals surface area contributed by atoms with Crippen molar-refractivity contribution in [2.24, 2.45) is 0 Å². The van der Waals surface area contributed by atoms with E-state index in [1.165, 1.54) is 0 Å². The molecule has 6 heteroatoms. The molecule has 1 heterocycles. The molecule has 0 saturated heterocycles. The fourth-order valence-electron chi connectivity index (χ4n) is 1.60. The number of hydrogen-bond donors (Lipinski definition) is 1. The second-order valence-corrected chi connectivity index (χ2v) is 5.76. The summed E-state index contributed by atoms with van der Waals surface area (Å²) in [5, 5.41) is 3.70. The smallest absolute Gasteiger partial charge is 0.241 e. The highest BCUT2D eigenvalue weighted by atomic mass is 32.2. The fourth-order valence-corrected chi connectivity index (χ4v) is 2.84. The summed E-state index contributed by atoms with van der Waals surface area (Å²) < 4.78 is 31.6. The van der Waals surface area contributed by atoms with Crippen molar-refractivity contribution < 1.29 is 12.9 Å². The Morgan fingerprint density at radius 2 is 2.00 bits per heavy atom. The second-order valence-electron chi connectivity index (χ2n) is 4.02. The zero-order chi connectivity index (χ0) is 13.2. The number of hydrogen-bond acceptors (Lipinski definition) is 4. The molecule has 0 saturated carbocycles. The normalized spacial score (nSPS) is 11.7. The first-order chi connectivity index (χ1) is 8.49. The Labute approximate surface area is 106 Å². The number of nitrogens with zero attached hydrogens (tertiary/aromatic N) is 1. The van der Waals surface area contributed by atoms with Crippen LogP contribution in [0.5, 0.6) is 0 Å². The number of rotatable bonds is 4. The molecule has 1 N–H and O–H groups in total. The molecule has 2 aromatic rings. The molecule has 1 aromatic carbocycles. The molecule has 0 bridgehead atoms. The number of benzene rings is 1. The Hall–Kier alpha value is -1.66. The largest absolute Gasteiger partial charge is 0.360 e. The molecule has 0 unspecified atom stereocenters. The van der Waals surface area contributed by atoms with E-state index < -0.39 is 10.0 Å². The number of sulfonamides is 1. The molecular formula is C12H14N2O3S. The molecule has 0 radical (unpaired) electrons. The lowest BCUT2D eigenvalue weighted by Gasteiger charge is -2.07. The summed E-state index contributed by atoms with van der Waals surface area (Å²) >= 11 is 0. The number of aryl methyl sites for hydroxylation is 2. The fraction of sp³-hybridized carbons (Fsp3) is 0.250. The quantitative estimate of drug-likeness (QED) is 0.915. The van der Waals surface area contributed by atoms with Crippen LogP contribution in [0.15, 0.2) is 39.8 Å². The van der Waals surface area contributed by atoms with Gasteiger partial charge in [-0.1, -0.05) is 23.4 Å². The summed E-state index contributed by atoms with van der Waals surface area (Å²) in [5.74, 6) is 0.490. The van der Waals surface area contributed by atoms with Crippen molar-refractivity contribution in [3.8, 4) is 0 Å². The van der Waals surface area contributed by atoms with Crippen LogP contribution in [-0.4, -0.2) is 13.6 Å². The van der Waals surface area contributed by atoms with Crippen molar-refractivity contribution in [3.63, 3.8) is 0 Å². The molecule has 0 aliphatic carbocycles. The van der Waals surface area contributed by atoms with Gasteiger partial charge in [-0.3, -0.25) is 0 Å². The first kappa shape index (κ1) is 12.8. The van der Waals surface area contributed by atoms with Crippen LogP contribution in [0.25, 0.3) is 0 Å². The Kier molecular flexibility index (Phi) is 3.49. The van der Waals surface area contributed by atoms with Crippen molar-refractivity contribution in [2.45, 2.75) is 25.3 Å². The van der Waals surface area contributed by atoms with E-state index >= 15 is 0 Å². The molecule has 0 spiro atoms. The van der Waals surface area contributed by atoms with Crippen LogP contribution in [0, 0.1) is 13.8 Å². The van der Waals surface area contributed by atoms with E-state index in [0.717, 1.165) is 5.69 Å². The topological polar surface area (TPSA) is 72.2 Å². The van der Waals surface area contributed by atoms with E-state index in [9.17, 15) is 8.42 Å². The van der Waals surface area contributed by atoms with Crippen molar-refractivity contribution in [3.05, 3.63) is 47.3 Å². The van der Waals surface area contributed by atoms with Crippen LogP contribution >= 0.6 is 0 Å². The van der Waals surface area contributed by atoms with E-state index in [2.05, 4.69) is 9.88 Å². The van der Waals surface area contributed by atoms with E-state index in [1.807, 2.05) is 0 Å². The van der Waals surface area contributed by atoms with Gasteiger partial charge in [-0.05, 0) is 25.5 Å². The minimum Gasteiger partial charge on any atom is -0.360 e. The molecule has 0 aliphatic rings. The van der Waals surface area contributed by atoms with Crippen LogP contribution < -0.4 is 4.72 Å². The van der Waals surface area contributed by atoms with Gasteiger partial charge in [0.1, 0.15) is 0 Å². The van der Waals surface area contributed by atoms with Crippen LogP contribution in [0.4, 0.5) is 0 Å². The molecular weight excluding hydrogens is 252 g/mol. The molecule has 18 heavy (non-hydrogen) atoms. The van der Waals surface area contributed by atoms with Gasteiger partial charge in [0.25, 0.3) is 0 Å². The molecule has 0 aliphatic heterocycles. The van der Waals surface area contributed by atoms with Gasteiger partial charge in [-0.15, -0.1) is 0 Å². The van der Waals surface area contributed by atoms with E-state index in [0.29, 0.717) is 11.3 Å². The second kappa shape index (κ2) is 4.91. The maximum Gasteiger partial charge on any atom is 0.241 e. The van der Waals surface area contributed by atoms with Gasteiger partial charge in [0.15, 0.2) is 5.76 Å². The van der Waals surface area contributed by atoms with E-state index in [1.54, 1.807) is 44.2 Å². The first-order valence-electron chi connectivity index (χ1n) is 5.46. The summed E-state index contributed by atoms with van der Waals surface area (Å²) in [7, 11) is -3.52. The minimum absolute atomic E-state index is 0.0947. The summed E-state index contributed by atoms with van der Waals surface area (Å²) in [4.78, 5) is 0.279. The lowest BCUT2D eigenvalue weighted by Crippen LogP contribution is -2.23. The summed E-state index contributed by atoms with van der Waals surface area (Å²) in [6.07, 6.45) is 0. The summed E-state index contributed by atoms with van der Waals surface area (Å²) in [6, 6.07) is 8.52. The van der Waals surface area contributed by atoms with Crippen LogP contribution in [-0.2, 0) is 16.6 Å². The lowest BCUT2D eigenvalue weighted by atomic mass is 10.2. The Morgan fingerprint density at radius 3 is 2.61 bits per heavy atom. The van der Waals surface area contributed by atoms with Crippen molar-refractivity contribution in [1.29, 1.82) is 0 Å². The molecule has 96 valence electrons. The van der Waals surface area contributed by atoms with Crippen molar-refractivity contribution in [1.82, 2.24) is 9.88 Å². The summed E-state index contributed by atoms with van der Waals surface area (Å²) in [6.45, 7) is 3.63. The zero-order valence-electron chi connectivity index (χ0n) is 10.2. The maximum atomic E-state index is 12.1. The predicted molar refractivity (Wildman–Crippen MR) is 66.4 cm³/mol. The highest BCUT2D eigenvalue weighted by Crippen LogP contribution is 2.14. The Morgan fingerprint density at radius 1 is 1.28 bits per heavy atom. The standard InChI is InChI=1S/C12H14N2O3S/c1-9-5-3-4-6-12(9)18(15,16)13-8-11-7-10(2)14-17-11/h3-7,13H,8H2,1-2H3. The molecule has 1 aromatic heterocycles. The third-order valence-electron chi connectivity index (χ3n) is 2.50. The average Bonchev–Trinajstić information content (AvgIpc) is 2.73. The first-order valence-corrected chi connectivity index (χ1v) is 6.95. The Balaban J connectivity index is 2.16. The SMILES string of the molecule is Cc1cc(CNS(=O)(=O)c2ccccc2C)on1. The van der Waals surface area contributed by atoms with E-state index in [4.69, 9.17) is 4.52 Å². The molecule has 0 fully saturated rings. The summed E-state index contributed by atoms with van der Waals surface area (Å²) in [5.41, 5.74) is 1.43. The monoisotopic (exact) mass is 266 g/mol. The lowest BCUT2D eigenvalue weighted by molar-refractivity contribution is 0.377. The van der Waals surface area contributed by atoms with Gasteiger partial charge in [0.05, 0.1) is 17.1 Å². The van der Waals surface area contributed by atoms with Crippen molar-refractivity contribution in [2.75, 3.05) is 0 Å². The van der Waals surface area contributed by atoms with E-state index in [-0.39, 0.29) is 11.4 Å². The number of nitrogens with one attached hydrogen (secondary N) is 1. The molecule has 0 atom stereocenters. The van der Waals surface area contributed by atoms with Gasteiger partial charge in [-0.25, -0.2) is 13.1 Å². The van der Waals surface area contributed by atoms with Gasteiger partial charge < -0.3 is 4.52 Å². The molecule has 2 rings (SSSR count). The minimum atomic E-state index is -3.52. The molecule has 0 amide bonds. The third-order valence-corrected chi connectivity index (χ3v) is 4.06. The highest BCUT2D eigenvalue weighted by molar-refractivity contribution is 7.89. The Bertz CT molecular complexity index is 647. The van der Waals surface area contributed by atoms with Gasteiger partial charge in [0, 0.05) is 6.07 Å². The third kappa shape index (κ3) is 2.77. The van der Waals surface area contributed by atoms with Crippen LogP contribution in [0.2, 0.25) is 0 Å². The predicted octanol–water partition coefficient (Wildman–Crippen LogP) is 1.77.